The number of anilines is 1. The van der Waals surface area contributed by atoms with E-state index in [4.69, 9.17) is 0 Å². The Bertz CT molecular complexity index is 661. The summed E-state index contributed by atoms with van der Waals surface area (Å²) in [6.07, 6.45) is 7.06. The average Bonchev–Trinajstić information content (AvgIpc) is 2.92. The molecule has 2 heterocycles. The van der Waals surface area contributed by atoms with Gasteiger partial charge in [0, 0.05) is 25.3 Å². The molecule has 1 fully saturated rings. The average molecular weight is 353 g/mol. The predicted molar refractivity (Wildman–Crippen MR) is 96.2 cm³/mol. The van der Waals surface area contributed by atoms with Crippen molar-refractivity contribution >= 4 is 21.4 Å². The van der Waals surface area contributed by atoms with Crippen LogP contribution >= 0.6 is 0 Å². The molecule has 1 unspecified atom stereocenters. The first-order valence-electron chi connectivity index (χ1n) is 8.67. The molecule has 134 valence electrons. The van der Waals surface area contributed by atoms with Gasteiger partial charge in [0.2, 0.25) is 0 Å². The van der Waals surface area contributed by atoms with Gasteiger partial charge in [-0.05, 0) is 25.8 Å². The third-order valence-electron chi connectivity index (χ3n) is 4.37. The maximum Gasteiger partial charge on any atom is 0.252 e. The second-order valence-electron chi connectivity index (χ2n) is 6.24. The number of nitrogens with zero attached hydrogens (tertiary/aromatic N) is 2. The summed E-state index contributed by atoms with van der Waals surface area (Å²) in [5.41, 5.74) is 1.32. The molecule has 1 atom stereocenters. The number of hydrogen-bond donors (Lipinski definition) is 1. The van der Waals surface area contributed by atoms with Gasteiger partial charge in [0.1, 0.15) is 0 Å². The molecule has 1 aliphatic rings. The summed E-state index contributed by atoms with van der Waals surface area (Å²) in [5.74, 6) is 0.281. The number of rotatable bonds is 8. The van der Waals surface area contributed by atoms with Crippen LogP contribution in [0.3, 0.4) is 0 Å². The second-order valence-corrected chi connectivity index (χ2v) is 8.47. The molecule has 0 aliphatic carbocycles. The van der Waals surface area contributed by atoms with Crippen molar-refractivity contribution in [3.8, 4) is 0 Å². The molecule has 1 aromatic rings. The number of amides is 1. The van der Waals surface area contributed by atoms with Gasteiger partial charge < -0.3 is 10.2 Å². The van der Waals surface area contributed by atoms with Crippen molar-refractivity contribution < 1.29 is 13.2 Å². The van der Waals surface area contributed by atoms with E-state index < -0.39 is 9.84 Å². The highest BCUT2D eigenvalue weighted by Crippen LogP contribution is 2.24. The summed E-state index contributed by atoms with van der Waals surface area (Å²) >= 11 is 0. The Morgan fingerprint density at radius 1 is 1.33 bits per heavy atom. The minimum Gasteiger partial charge on any atom is -0.367 e. The van der Waals surface area contributed by atoms with Gasteiger partial charge in [-0.2, -0.15) is 0 Å². The van der Waals surface area contributed by atoms with Gasteiger partial charge in [-0.25, -0.2) is 8.42 Å². The topological polar surface area (TPSA) is 79.4 Å². The van der Waals surface area contributed by atoms with Crippen LogP contribution < -0.4 is 10.2 Å². The first-order valence-corrected chi connectivity index (χ1v) is 10.5. The van der Waals surface area contributed by atoms with Crippen molar-refractivity contribution in [2.24, 2.45) is 0 Å². The van der Waals surface area contributed by atoms with E-state index in [1.54, 1.807) is 18.5 Å². The van der Waals surface area contributed by atoms with Gasteiger partial charge in [-0.3, -0.25) is 9.78 Å². The molecule has 6 nitrogen and oxygen atoms in total. The molecule has 24 heavy (non-hydrogen) atoms. The van der Waals surface area contributed by atoms with Crippen LogP contribution in [0.2, 0.25) is 0 Å². The zero-order chi connectivity index (χ0) is 17.6. The predicted octanol–water partition coefficient (Wildman–Crippen LogP) is 2.01. The third-order valence-corrected chi connectivity index (χ3v) is 6.12. The van der Waals surface area contributed by atoms with Crippen LogP contribution in [0.15, 0.2) is 18.5 Å². The first-order chi connectivity index (χ1) is 11.5. The number of hydrogen-bond acceptors (Lipinski definition) is 5. The molecule has 0 radical (unpaired) electrons. The van der Waals surface area contributed by atoms with Crippen LogP contribution in [-0.4, -0.2) is 49.9 Å². The third kappa shape index (κ3) is 4.93. The summed E-state index contributed by atoms with van der Waals surface area (Å²) in [4.78, 5) is 18.4. The van der Waals surface area contributed by atoms with Gasteiger partial charge in [0.05, 0.1) is 29.0 Å². The Kier molecular flexibility index (Phi) is 6.60. The first kappa shape index (κ1) is 18.7. The Balaban J connectivity index is 2.06. The molecule has 7 heteroatoms. The number of sulfone groups is 1. The Hall–Kier alpha value is -1.63. The minimum atomic E-state index is -2.94. The lowest BCUT2D eigenvalue weighted by Gasteiger charge is -2.29. The van der Waals surface area contributed by atoms with Crippen molar-refractivity contribution in [1.29, 1.82) is 0 Å². The van der Waals surface area contributed by atoms with Crippen molar-refractivity contribution in [1.82, 2.24) is 10.3 Å². The number of carbonyl (C=O) groups is 1. The molecule has 0 aromatic carbocycles. The Morgan fingerprint density at radius 3 is 2.75 bits per heavy atom. The molecule has 1 aliphatic heterocycles. The van der Waals surface area contributed by atoms with Crippen LogP contribution in [0.25, 0.3) is 0 Å². The quantitative estimate of drug-likeness (QED) is 0.723. The molecule has 1 N–H and O–H groups in total. The normalized spacial score (nSPS) is 19.2. The SMILES string of the molecule is CCCCCNC(=O)c1cncc(N(CC)C2CCS(=O)(=O)C2)c1. The molecule has 1 amide bonds. The summed E-state index contributed by atoms with van der Waals surface area (Å²) < 4.78 is 23.5. The van der Waals surface area contributed by atoms with E-state index in [0.29, 0.717) is 25.1 Å². The zero-order valence-corrected chi connectivity index (χ0v) is 15.3. The molecule has 0 saturated carbocycles. The van der Waals surface area contributed by atoms with E-state index >= 15 is 0 Å². The monoisotopic (exact) mass is 353 g/mol. The van der Waals surface area contributed by atoms with Crippen molar-refractivity contribution in [2.75, 3.05) is 29.5 Å². The molecule has 0 bridgehead atoms. The number of carbonyl (C=O) groups excluding carboxylic acids is 1. The summed E-state index contributed by atoms with van der Waals surface area (Å²) in [6, 6.07) is 1.76. The number of nitrogens with one attached hydrogen (secondary N) is 1. The lowest BCUT2D eigenvalue weighted by molar-refractivity contribution is 0.0952. The Labute approximate surface area is 144 Å². The van der Waals surface area contributed by atoms with Crippen LogP contribution in [-0.2, 0) is 9.84 Å². The number of pyridine rings is 1. The van der Waals surface area contributed by atoms with E-state index in [0.717, 1.165) is 24.9 Å². The smallest absolute Gasteiger partial charge is 0.252 e. The van der Waals surface area contributed by atoms with Crippen molar-refractivity contribution in [3.63, 3.8) is 0 Å². The maximum absolute atomic E-state index is 12.2. The van der Waals surface area contributed by atoms with Crippen LogP contribution in [0.1, 0.15) is 49.9 Å². The summed E-state index contributed by atoms with van der Waals surface area (Å²) in [7, 11) is -2.94. The summed E-state index contributed by atoms with van der Waals surface area (Å²) in [5, 5.41) is 2.91. The van der Waals surface area contributed by atoms with E-state index in [2.05, 4.69) is 17.2 Å². The van der Waals surface area contributed by atoms with Crippen molar-refractivity contribution in [3.05, 3.63) is 24.0 Å². The largest absolute Gasteiger partial charge is 0.367 e. The zero-order valence-electron chi connectivity index (χ0n) is 14.5. The maximum atomic E-state index is 12.2. The lowest BCUT2D eigenvalue weighted by Crippen LogP contribution is -2.36. The number of aromatic nitrogens is 1. The molecule has 1 saturated heterocycles. The van der Waals surface area contributed by atoms with Crippen LogP contribution in [0, 0.1) is 0 Å². The molecular weight excluding hydrogens is 326 g/mol. The molecule has 2 rings (SSSR count). The Morgan fingerprint density at radius 2 is 2.12 bits per heavy atom. The van der Waals surface area contributed by atoms with Gasteiger partial charge in [-0.1, -0.05) is 19.8 Å². The van der Waals surface area contributed by atoms with E-state index in [9.17, 15) is 13.2 Å². The summed E-state index contributed by atoms with van der Waals surface area (Å²) in [6.45, 7) is 5.46. The van der Waals surface area contributed by atoms with E-state index in [-0.39, 0.29) is 23.5 Å². The van der Waals surface area contributed by atoms with E-state index in [1.165, 1.54) is 0 Å². The highest BCUT2D eigenvalue weighted by atomic mass is 32.2. The fraction of sp³-hybridized carbons (Fsp3) is 0.647. The minimum absolute atomic E-state index is 0.0373. The standard InChI is InChI=1S/C17H27N3O3S/c1-3-5-6-8-19-17(21)14-10-16(12-18-11-14)20(4-2)15-7-9-24(22,23)13-15/h10-12,15H,3-9,13H2,1-2H3,(H,19,21). The van der Waals surface area contributed by atoms with Gasteiger partial charge in [-0.15, -0.1) is 0 Å². The van der Waals surface area contributed by atoms with Crippen molar-refractivity contribution in [2.45, 2.75) is 45.6 Å². The lowest BCUT2D eigenvalue weighted by atomic mass is 10.1. The van der Waals surface area contributed by atoms with Crippen LogP contribution in [0.5, 0.6) is 0 Å². The fourth-order valence-corrected chi connectivity index (χ4v) is 4.79. The van der Waals surface area contributed by atoms with Gasteiger partial charge in [0.15, 0.2) is 9.84 Å². The van der Waals surface area contributed by atoms with Gasteiger partial charge in [0.25, 0.3) is 5.91 Å². The highest BCUT2D eigenvalue weighted by molar-refractivity contribution is 7.91. The highest BCUT2D eigenvalue weighted by Gasteiger charge is 2.32. The molecule has 1 aromatic heterocycles. The van der Waals surface area contributed by atoms with Crippen LogP contribution in [0.4, 0.5) is 5.69 Å². The molecule has 0 spiro atoms. The van der Waals surface area contributed by atoms with Gasteiger partial charge >= 0.3 is 0 Å². The second kappa shape index (κ2) is 8.46. The number of unbranched alkanes of at least 4 members (excludes halogenated alkanes) is 2. The fourth-order valence-electron chi connectivity index (χ4n) is 3.06. The molecular formula is C17H27N3O3S. The van der Waals surface area contributed by atoms with E-state index in [1.807, 2.05) is 11.8 Å².